The van der Waals surface area contributed by atoms with E-state index in [-0.39, 0.29) is 6.10 Å². The van der Waals surface area contributed by atoms with Crippen LogP contribution >= 0.6 is 23.1 Å². The highest BCUT2D eigenvalue weighted by atomic mass is 32.2. The molecular weight excluding hydrogens is 272 g/mol. The predicted octanol–water partition coefficient (Wildman–Crippen LogP) is 4.79. The highest BCUT2D eigenvalue weighted by Crippen LogP contribution is 2.42. The summed E-state index contributed by atoms with van der Waals surface area (Å²) < 4.78 is 0. The van der Waals surface area contributed by atoms with Gasteiger partial charge < -0.3 is 5.11 Å². The van der Waals surface area contributed by atoms with Crippen LogP contribution in [0.5, 0.6) is 0 Å². The summed E-state index contributed by atoms with van der Waals surface area (Å²) in [4.78, 5) is 2.78. The summed E-state index contributed by atoms with van der Waals surface area (Å²) in [5.41, 5.74) is 1.50. The second-order valence-electron chi connectivity index (χ2n) is 6.03. The Balaban J connectivity index is 1.67. The first kappa shape index (κ1) is 14.0. The molecule has 0 amide bonds. The quantitative estimate of drug-likeness (QED) is 0.865. The lowest BCUT2D eigenvalue weighted by Gasteiger charge is -2.30. The van der Waals surface area contributed by atoms with Gasteiger partial charge in [0, 0.05) is 15.5 Å². The van der Waals surface area contributed by atoms with Crippen molar-refractivity contribution < 1.29 is 5.11 Å². The average molecular weight is 297 g/mol. The molecule has 3 heteroatoms. The molecular formula is C16H24OS2. The monoisotopic (exact) mass is 296 g/mol. The van der Waals surface area contributed by atoms with Crippen LogP contribution in [0.2, 0.25) is 0 Å². The van der Waals surface area contributed by atoms with Crippen molar-refractivity contribution in [3.8, 4) is 0 Å². The molecule has 106 valence electrons. The Kier molecular flexibility index (Phi) is 4.55. The van der Waals surface area contributed by atoms with E-state index in [1.807, 2.05) is 23.1 Å². The third kappa shape index (κ3) is 3.03. The molecule has 1 nitrogen and oxygen atoms in total. The maximum atomic E-state index is 10.7. The average Bonchev–Trinajstić information content (AvgIpc) is 2.90. The highest BCUT2D eigenvalue weighted by molar-refractivity contribution is 7.98. The summed E-state index contributed by atoms with van der Waals surface area (Å²) in [5.74, 6) is 3.83. The number of hydrogen-bond donors (Lipinski definition) is 1. The fourth-order valence-electron chi connectivity index (χ4n) is 3.46. The molecule has 1 aliphatic carbocycles. The molecule has 1 aromatic rings. The molecule has 3 rings (SSSR count). The summed E-state index contributed by atoms with van der Waals surface area (Å²) in [7, 11) is 0. The first-order chi connectivity index (χ1) is 9.28. The van der Waals surface area contributed by atoms with Crippen LogP contribution in [-0.4, -0.2) is 10.9 Å². The lowest BCUT2D eigenvalue weighted by atomic mass is 9.78. The molecule has 0 bridgehead atoms. The van der Waals surface area contributed by atoms with Crippen LogP contribution in [0, 0.1) is 11.8 Å². The van der Waals surface area contributed by atoms with E-state index in [0.717, 1.165) is 11.7 Å². The van der Waals surface area contributed by atoms with Gasteiger partial charge in [0.2, 0.25) is 0 Å². The lowest BCUT2D eigenvalue weighted by molar-refractivity contribution is 0.0757. The Morgan fingerprint density at radius 2 is 2.11 bits per heavy atom. The van der Waals surface area contributed by atoms with Crippen molar-refractivity contribution in [1.29, 1.82) is 0 Å². The van der Waals surface area contributed by atoms with Gasteiger partial charge in [0.1, 0.15) is 0 Å². The van der Waals surface area contributed by atoms with Crippen LogP contribution in [0.1, 0.15) is 60.4 Å². The number of rotatable bonds is 3. The van der Waals surface area contributed by atoms with E-state index in [4.69, 9.17) is 0 Å². The van der Waals surface area contributed by atoms with Gasteiger partial charge in [0.15, 0.2) is 0 Å². The van der Waals surface area contributed by atoms with Crippen molar-refractivity contribution in [2.45, 2.75) is 57.3 Å². The molecule has 1 unspecified atom stereocenters. The molecule has 2 heterocycles. The zero-order chi connectivity index (χ0) is 13.2. The summed E-state index contributed by atoms with van der Waals surface area (Å²) >= 11 is 3.91. The molecule has 19 heavy (non-hydrogen) atoms. The van der Waals surface area contributed by atoms with Gasteiger partial charge >= 0.3 is 0 Å². The normalized spacial score (nSPS) is 28.9. The molecule has 0 spiro atoms. The van der Waals surface area contributed by atoms with Gasteiger partial charge in [-0.25, -0.2) is 0 Å². The van der Waals surface area contributed by atoms with Crippen LogP contribution in [0.4, 0.5) is 0 Å². The second-order valence-corrected chi connectivity index (χ2v) is 8.31. The topological polar surface area (TPSA) is 20.2 Å². The number of aliphatic hydroxyl groups excluding tert-OH is 1. The lowest BCUT2D eigenvalue weighted by Crippen LogP contribution is -2.19. The number of fused-ring (bicyclic) bond motifs is 1. The molecule has 0 aromatic carbocycles. The van der Waals surface area contributed by atoms with E-state index in [0.29, 0.717) is 5.92 Å². The van der Waals surface area contributed by atoms with E-state index >= 15 is 0 Å². The number of thioether (sulfide) groups is 1. The molecule has 2 aliphatic rings. The zero-order valence-corrected chi connectivity index (χ0v) is 13.4. The van der Waals surface area contributed by atoms with E-state index in [2.05, 4.69) is 13.0 Å². The third-order valence-corrected chi connectivity index (χ3v) is 7.17. The number of aliphatic hydroxyl groups is 1. The fourth-order valence-corrected chi connectivity index (χ4v) is 5.92. The number of thiophene rings is 1. The van der Waals surface area contributed by atoms with Gasteiger partial charge in [-0.05, 0) is 48.5 Å². The Hall–Kier alpha value is 0.01000. The minimum Gasteiger partial charge on any atom is -0.387 e. The van der Waals surface area contributed by atoms with E-state index < -0.39 is 0 Å². The smallest absolute Gasteiger partial charge is 0.0910 e. The maximum absolute atomic E-state index is 10.7. The Morgan fingerprint density at radius 1 is 1.32 bits per heavy atom. The minimum atomic E-state index is -0.196. The molecule has 1 N–H and O–H groups in total. The molecule has 1 fully saturated rings. The van der Waals surface area contributed by atoms with Gasteiger partial charge in [-0.1, -0.05) is 26.2 Å². The summed E-state index contributed by atoms with van der Waals surface area (Å²) in [6.07, 6.45) is 7.40. The van der Waals surface area contributed by atoms with Gasteiger partial charge in [0.05, 0.1) is 6.10 Å². The van der Waals surface area contributed by atoms with Crippen LogP contribution in [-0.2, 0) is 12.2 Å². The van der Waals surface area contributed by atoms with E-state index in [9.17, 15) is 5.11 Å². The maximum Gasteiger partial charge on any atom is 0.0910 e. The number of hydrogen-bond acceptors (Lipinski definition) is 3. The fraction of sp³-hybridized carbons (Fsp3) is 0.750. The first-order valence-corrected chi connectivity index (χ1v) is 9.62. The molecule has 1 saturated carbocycles. The van der Waals surface area contributed by atoms with Crippen molar-refractivity contribution in [2.75, 3.05) is 5.75 Å². The minimum absolute atomic E-state index is 0.196. The molecule has 0 saturated heterocycles. The van der Waals surface area contributed by atoms with Crippen molar-refractivity contribution in [1.82, 2.24) is 0 Å². The third-order valence-electron chi connectivity index (χ3n) is 4.85. The molecule has 1 aromatic heterocycles. The number of aryl methyl sites for hydroxylation is 1. The second kappa shape index (κ2) is 6.19. The summed E-state index contributed by atoms with van der Waals surface area (Å²) in [6, 6.07) is 2.29. The van der Waals surface area contributed by atoms with Gasteiger partial charge in [-0.3, -0.25) is 0 Å². The molecule has 1 aliphatic heterocycles. The van der Waals surface area contributed by atoms with Crippen LogP contribution in [0.25, 0.3) is 0 Å². The summed E-state index contributed by atoms with van der Waals surface area (Å²) in [6.45, 7) is 2.30. The Bertz CT molecular complexity index is 395. The van der Waals surface area contributed by atoms with Crippen molar-refractivity contribution >= 4 is 23.1 Å². The van der Waals surface area contributed by atoms with Crippen molar-refractivity contribution in [2.24, 2.45) is 11.8 Å². The molecule has 0 radical (unpaired) electrons. The first-order valence-electron chi connectivity index (χ1n) is 7.65. The summed E-state index contributed by atoms with van der Waals surface area (Å²) in [5, 5.41) is 10.7. The van der Waals surface area contributed by atoms with Gasteiger partial charge in [0.25, 0.3) is 0 Å². The highest BCUT2D eigenvalue weighted by Gasteiger charge is 2.28. The molecule has 1 atom stereocenters. The van der Waals surface area contributed by atoms with Crippen molar-refractivity contribution in [3.05, 3.63) is 21.4 Å². The SMILES string of the molecule is CCC1CCC(C(O)c2cc3c(s2)CCSC3)CC1. The predicted molar refractivity (Wildman–Crippen MR) is 84.9 cm³/mol. The van der Waals surface area contributed by atoms with Gasteiger partial charge in [-0.15, -0.1) is 11.3 Å². The van der Waals surface area contributed by atoms with E-state index in [1.54, 1.807) is 0 Å². The Labute approximate surface area is 124 Å². The Morgan fingerprint density at radius 3 is 2.79 bits per heavy atom. The standard InChI is InChI=1S/C16H24OS2/c1-2-11-3-5-12(6-4-11)16(17)15-9-13-10-18-8-7-14(13)19-15/h9,11-12,16-17H,2-8,10H2,1H3. The largest absolute Gasteiger partial charge is 0.387 e. The van der Waals surface area contributed by atoms with Crippen molar-refractivity contribution in [3.63, 3.8) is 0 Å². The van der Waals surface area contributed by atoms with E-state index in [1.165, 1.54) is 59.6 Å². The zero-order valence-electron chi connectivity index (χ0n) is 11.7. The van der Waals surface area contributed by atoms with Crippen LogP contribution < -0.4 is 0 Å². The van der Waals surface area contributed by atoms with Crippen LogP contribution in [0.3, 0.4) is 0 Å². The van der Waals surface area contributed by atoms with Crippen LogP contribution in [0.15, 0.2) is 6.07 Å². The van der Waals surface area contributed by atoms with Gasteiger partial charge in [-0.2, -0.15) is 11.8 Å².